The zero-order valence-electron chi connectivity index (χ0n) is 11.9. The number of rotatable bonds is 5. The van der Waals surface area contributed by atoms with Gasteiger partial charge >= 0.3 is 0 Å². The maximum atomic E-state index is 12.1. The molecule has 1 aromatic carbocycles. The maximum absolute atomic E-state index is 12.1. The van der Waals surface area contributed by atoms with Gasteiger partial charge in [0.1, 0.15) is 0 Å². The van der Waals surface area contributed by atoms with E-state index >= 15 is 0 Å². The normalized spacial score (nSPS) is 16.4. The van der Waals surface area contributed by atoms with E-state index in [9.17, 15) is 4.79 Å². The van der Waals surface area contributed by atoms with E-state index in [-0.39, 0.29) is 5.91 Å². The number of nitrogens with one attached hydrogen (secondary N) is 1. The molecule has 1 aliphatic rings. The van der Waals surface area contributed by atoms with Crippen molar-refractivity contribution in [1.82, 2.24) is 10.2 Å². The Hall–Kier alpha value is -1.55. The van der Waals surface area contributed by atoms with E-state index in [0.717, 1.165) is 11.3 Å². The van der Waals surface area contributed by atoms with Crippen LogP contribution in [0.1, 0.15) is 35.7 Å². The van der Waals surface area contributed by atoms with Gasteiger partial charge in [-0.1, -0.05) is 0 Å². The van der Waals surface area contributed by atoms with Crippen LogP contribution in [0.4, 0.5) is 5.69 Å². The molecule has 1 amide bonds. The first-order chi connectivity index (χ1) is 8.99. The summed E-state index contributed by atoms with van der Waals surface area (Å²) in [4.78, 5) is 14.4. The van der Waals surface area contributed by atoms with Crippen molar-refractivity contribution in [3.63, 3.8) is 0 Å². The largest absolute Gasteiger partial charge is 0.399 e. The standard InChI is InChI=1S/C15H23N3O/c1-10-8-12(4-7-14(10)16)15(19)17-9-11(2)18(3)13-5-6-13/h4,7-8,11,13H,5-6,9,16H2,1-3H3,(H,17,19). The van der Waals surface area contributed by atoms with E-state index in [0.29, 0.717) is 24.2 Å². The minimum absolute atomic E-state index is 0.0286. The molecule has 0 bridgehead atoms. The predicted molar refractivity (Wildman–Crippen MR) is 78.2 cm³/mol. The van der Waals surface area contributed by atoms with Gasteiger partial charge in [-0.2, -0.15) is 0 Å². The van der Waals surface area contributed by atoms with E-state index < -0.39 is 0 Å². The van der Waals surface area contributed by atoms with Crippen LogP contribution in [-0.4, -0.2) is 36.5 Å². The summed E-state index contributed by atoms with van der Waals surface area (Å²) in [5.41, 5.74) is 8.09. The number of aryl methyl sites for hydroxylation is 1. The SMILES string of the molecule is Cc1cc(C(=O)NCC(C)N(C)C2CC2)ccc1N. The van der Waals surface area contributed by atoms with Crippen LogP contribution in [0, 0.1) is 6.92 Å². The average molecular weight is 261 g/mol. The fourth-order valence-corrected chi connectivity index (χ4v) is 2.15. The lowest BCUT2D eigenvalue weighted by Gasteiger charge is -2.24. The third-order valence-electron chi connectivity index (χ3n) is 3.91. The molecule has 1 aromatic rings. The fourth-order valence-electron chi connectivity index (χ4n) is 2.15. The van der Waals surface area contributed by atoms with Gasteiger partial charge in [0.25, 0.3) is 5.91 Å². The van der Waals surface area contributed by atoms with Crippen LogP contribution in [0.5, 0.6) is 0 Å². The van der Waals surface area contributed by atoms with E-state index in [4.69, 9.17) is 5.73 Å². The zero-order valence-corrected chi connectivity index (χ0v) is 11.9. The average Bonchev–Trinajstić information content (AvgIpc) is 3.22. The second kappa shape index (κ2) is 5.61. The molecule has 2 rings (SSSR count). The Bertz CT molecular complexity index is 468. The highest BCUT2D eigenvalue weighted by Gasteiger charge is 2.29. The predicted octanol–water partition coefficient (Wildman–Crippen LogP) is 1.79. The number of carbonyl (C=O) groups is 1. The van der Waals surface area contributed by atoms with Crippen molar-refractivity contribution in [3.8, 4) is 0 Å². The fraction of sp³-hybridized carbons (Fsp3) is 0.533. The summed E-state index contributed by atoms with van der Waals surface area (Å²) >= 11 is 0. The summed E-state index contributed by atoms with van der Waals surface area (Å²) in [6.45, 7) is 4.73. The molecule has 0 radical (unpaired) electrons. The second-order valence-electron chi connectivity index (χ2n) is 5.53. The first kappa shape index (κ1) is 13.9. The topological polar surface area (TPSA) is 58.4 Å². The number of likely N-dealkylation sites (N-methyl/N-ethyl adjacent to an activating group) is 1. The Morgan fingerprint density at radius 2 is 2.21 bits per heavy atom. The van der Waals surface area contributed by atoms with Crippen LogP contribution in [0.15, 0.2) is 18.2 Å². The third-order valence-corrected chi connectivity index (χ3v) is 3.91. The number of nitrogens with zero attached hydrogens (tertiary/aromatic N) is 1. The molecule has 1 saturated carbocycles. The van der Waals surface area contributed by atoms with Crippen molar-refractivity contribution in [1.29, 1.82) is 0 Å². The molecular formula is C15H23N3O. The molecule has 0 spiro atoms. The van der Waals surface area contributed by atoms with Gasteiger partial charge in [-0.05, 0) is 57.5 Å². The summed E-state index contributed by atoms with van der Waals surface area (Å²) in [5.74, 6) is -0.0286. The molecule has 0 aromatic heterocycles. The molecule has 1 unspecified atom stereocenters. The second-order valence-corrected chi connectivity index (χ2v) is 5.53. The van der Waals surface area contributed by atoms with Gasteiger partial charge in [0.15, 0.2) is 0 Å². The van der Waals surface area contributed by atoms with E-state index in [1.165, 1.54) is 12.8 Å². The molecule has 1 fully saturated rings. The highest BCUT2D eigenvalue weighted by Crippen LogP contribution is 2.26. The zero-order chi connectivity index (χ0) is 14.0. The van der Waals surface area contributed by atoms with Crippen molar-refractivity contribution >= 4 is 11.6 Å². The van der Waals surface area contributed by atoms with Gasteiger partial charge < -0.3 is 11.1 Å². The molecule has 3 N–H and O–H groups in total. The Balaban J connectivity index is 1.88. The van der Waals surface area contributed by atoms with Crippen molar-refractivity contribution in [2.24, 2.45) is 0 Å². The van der Waals surface area contributed by atoms with Crippen molar-refractivity contribution in [2.75, 3.05) is 19.3 Å². The molecule has 4 nitrogen and oxygen atoms in total. The van der Waals surface area contributed by atoms with Gasteiger partial charge in [0, 0.05) is 29.9 Å². The highest BCUT2D eigenvalue weighted by atomic mass is 16.1. The minimum Gasteiger partial charge on any atom is -0.399 e. The summed E-state index contributed by atoms with van der Waals surface area (Å²) in [7, 11) is 2.13. The summed E-state index contributed by atoms with van der Waals surface area (Å²) in [5, 5.41) is 2.99. The van der Waals surface area contributed by atoms with E-state index in [1.54, 1.807) is 12.1 Å². The molecule has 1 atom stereocenters. The number of hydrogen-bond donors (Lipinski definition) is 2. The van der Waals surface area contributed by atoms with E-state index in [2.05, 4.69) is 24.2 Å². The Kier molecular flexibility index (Phi) is 4.10. The number of nitrogen functional groups attached to an aromatic ring is 1. The van der Waals surface area contributed by atoms with Crippen LogP contribution in [-0.2, 0) is 0 Å². The number of benzene rings is 1. The Labute approximate surface area is 115 Å². The molecule has 104 valence electrons. The lowest BCUT2D eigenvalue weighted by Crippen LogP contribution is -2.41. The summed E-state index contributed by atoms with van der Waals surface area (Å²) < 4.78 is 0. The molecule has 0 saturated heterocycles. The smallest absolute Gasteiger partial charge is 0.251 e. The lowest BCUT2D eigenvalue weighted by molar-refractivity contribution is 0.0939. The highest BCUT2D eigenvalue weighted by molar-refractivity contribution is 5.94. The van der Waals surface area contributed by atoms with Crippen LogP contribution < -0.4 is 11.1 Å². The molecule has 0 aliphatic heterocycles. The van der Waals surface area contributed by atoms with Gasteiger partial charge in [0.2, 0.25) is 0 Å². The third kappa shape index (κ3) is 3.47. The van der Waals surface area contributed by atoms with Gasteiger partial charge in [0.05, 0.1) is 0 Å². The van der Waals surface area contributed by atoms with E-state index in [1.807, 2.05) is 13.0 Å². The Morgan fingerprint density at radius 1 is 1.53 bits per heavy atom. The first-order valence-corrected chi connectivity index (χ1v) is 6.85. The summed E-state index contributed by atoms with van der Waals surface area (Å²) in [6, 6.07) is 6.47. The molecule has 0 heterocycles. The number of hydrogen-bond acceptors (Lipinski definition) is 3. The maximum Gasteiger partial charge on any atom is 0.251 e. The van der Waals surface area contributed by atoms with Gasteiger partial charge in [-0.3, -0.25) is 9.69 Å². The number of anilines is 1. The first-order valence-electron chi connectivity index (χ1n) is 6.85. The van der Waals surface area contributed by atoms with Gasteiger partial charge in [-0.15, -0.1) is 0 Å². The number of carbonyl (C=O) groups excluding carboxylic acids is 1. The monoisotopic (exact) mass is 261 g/mol. The molecule has 4 heteroatoms. The lowest BCUT2D eigenvalue weighted by atomic mass is 10.1. The van der Waals surface area contributed by atoms with Crippen LogP contribution >= 0.6 is 0 Å². The number of amides is 1. The summed E-state index contributed by atoms with van der Waals surface area (Å²) in [6.07, 6.45) is 2.57. The van der Waals surface area contributed by atoms with Crippen molar-refractivity contribution in [2.45, 2.75) is 38.8 Å². The molecular weight excluding hydrogens is 238 g/mol. The van der Waals surface area contributed by atoms with Crippen LogP contribution in [0.25, 0.3) is 0 Å². The van der Waals surface area contributed by atoms with Crippen LogP contribution in [0.2, 0.25) is 0 Å². The Morgan fingerprint density at radius 3 is 2.79 bits per heavy atom. The number of nitrogens with two attached hydrogens (primary N) is 1. The van der Waals surface area contributed by atoms with Crippen molar-refractivity contribution in [3.05, 3.63) is 29.3 Å². The van der Waals surface area contributed by atoms with Crippen molar-refractivity contribution < 1.29 is 4.79 Å². The minimum atomic E-state index is -0.0286. The van der Waals surface area contributed by atoms with Crippen LogP contribution in [0.3, 0.4) is 0 Å². The van der Waals surface area contributed by atoms with Gasteiger partial charge in [-0.25, -0.2) is 0 Å². The molecule has 1 aliphatic carbocycles. The quantitative estimate of drug-likeness (QED) is 0.794. The molecule has 19 heavy (non-hydrogen) atoms.